The number of nitrogens with one attached hydrogen (secondary N) is 1. The molecule has 33 heavy (non-hydrogen) atoms. The number of furan rings is 1. The van der Waals surface area contributed by atoms with E-state index in [0.717, 1.165) is 28.8 Å². The van der Waals surface area contributed by atoms with Gasteiger partial charge in [-0.1, -0.05) is 30.0 Å². The van der Waals surface area contributed by atoms with Crippen LogP contribution in [0.15, 0.2) is 67.8 Å². The zero-order valence-corrected chi connectivity index (χ0v) is 19.7. The summed E-state index contributed by atoms with van der Waals surface area (Å²) in [5.74, 6) is -0.0312. The Labute approximate surface area is 198 Å². The second-order valence-electron chi connectivity index (χ2n) is 7.79. The monoisotopic (exact) mass is 481 g/mol. The Bertz CT molecular complexity index is 1380. The summed E-state index contributed by atoms with van der Waals surface area (Å²) < 4.78 is 13.2. The number of para-hydroxylation sites is 1. The molecule has 4 aromatic rings. The van der Waals surface area contributed by atoms with Crippen molar-refractivity contribution < 1.29 is 13.9 Å². The first-order chi connectivity index (χ1) is 16.1. The summed E-state index contributed by atoms with van der Waals surface area (Å²) in [6.07, 6.45) is 3.81. The number of hydrogen-bond donors (Lipinski definition) is 1. The number of carbonyl (C=O) groups is 1. The molecule has 1 fully saturated rings. The van der Waals surface area contributed by atoms with Crippen LogP contribution in [0.1, 0.15) is 12.8 Å². The Morgan fingerprint density at radius 1 is 1.24 bits per heavy atom. The molecule has 7 nitrogen and oxygen atoms in total. The Morgan fingerprint density at radius 2 is 2.12 bits per heavy atom. The third kappa shape index (κ3) is 4.66. The summed E-state index contributed by atoms with van der Waals surface area (Å²) in [6.45, 7) is 1.08. The van der Waals surface area contributed by atoms with Crippen LogP contribution in [0.3, 0.4) is 0 Å². The van der Waals surface area contributed by atoms with E-state index in [0.29, 0.717) is 29.4 Å². The number of ether oxygens (including phenoxy) is 1. The lowest BCUT2D eigenvalue weighted by molar-refractivity contribution is -0.113. The van der Waals surface area contributed by atoms with Gasteiger partial charge >= 0.3 is 0 Å². The van der Waals surface area contributed by atoms with Gasteiger partial charge in [-0.3, -0.25) is 14.2 Å². The second kappa shape index (κ2) is 9.62. The van der Waals surface area contributed by atoms with Crippen molar-refractivity contribution in [1.82, 2.24) is 9.55 Å². The molecular formula is C24H23N3O4S2. The fourth-order valence-corrected chi connectivity index (χ4v) is 5.21. The molecule has 170 valence electrons. The number of nitrogens with zero attached hydrogens (tertiary/aromatic N) is 2. The first kappa shape index (κ1) is 22.1. The lowest BCUT2D eigenvalue weighted by Crippen LogP contribution is -2.29. The molecule has 2 aromatic heterocycles. The van der Waals surface area contributed by atoms with E-state index in [-0.39, 0.29) is 28.9 Å². The molecule has 1 atom stereocenters. The third-order valence-corrected chi connectivity index (χ3v) is 7.24. The van der Waals surface area contributed by atoms with Crippen LogP contribution in [-0.4, -0.2) is 40.2 Å². The van der Waals surface area contributed by atoms with Crippen molar-refractivity contribution in [2.45, 2.75) is 35.5 Å². The van der Waals surface area contributed by atoms with Gasteiger partial charge in [0.05, 0.1) is 18.4 Å². The lowest BCUT2D eigenvalue weighted by atomic mass is 10.2. The van der Waals surface area contributed by atoms with Crippen LogP contribution in [0.5, 0.6) is 0 Å². The molecule has 0 spiro atoms. The summed E-state index contributed by atoms with van der Waals surface area (Å²) in [5, 5.41) is 4.20. The summed E-state index contributed by atoms with van der Waals surface area (Å²) in [5.41, 5.74) is 1.87. The van der Waals surface area contributed by atoms with E-state index in [9.17, 15) is 9.59 Å². The van der Waals surface area contributed by atoms with Crippen molar-refractivity contribution in [3.8, 4) is 0 Å². The van der Waals surface area contributed by atoms with Crippen molar-refractivity contribution in [3.63, 3.8) is 0 Å². The van der Waals surface area contributed by atoms with Gasteiger partial charge in [-0.15, -0.1) is 11.8 Å². The first-order valence-corrected chi connectivity index (χ1v) is 12.9. The molecule has 0 bridgehead atoms. The van der Waals surface area contributed by atoms with Gasteiger partial charge in [0.15, 0.2) is 5.16 Å². The maximum Gasteiger partial charge on any atom is 0.297 e. The Hall–Kier alpha value is -2.75. The smallest absolute Gasteiger partial charge is 0.297 e. The van der Waals surface area contributed by atoms with Crippen molar-refractivity contribution in [2.75, 3.05) is 23.9 Å². The fraction of sp³-hybridized carbons (Fsp3) is 0.292. The third-order valence-electron chi connectivity index (χ3n) is 5.54. The van der Waals surface area contributed by atoms with E-state index in [4.69, 9.17) is 14.1 Å². The molecule has 1 amide bonds. The standard InChI is InChI=1S/C24H23N3O4S2/c1-32-17-8-4-6-15(12-17)25-20(28)14-33-24-26-21-18-9-2-3-10-19(18)31-22(21)23(29)27(24)13-16-7-5-11-30-16/h2-4,6,8-10,12,16H,5,7,11,13-14H2,1H3,(H,25,28)/t16-/m0/s1. The van der Waals surface area contributed by atoms with Gasteiger partial charge in [0.1, 0.15) is 11.1 Å². The highest BCUT2D eigenvalue weighted by Crippen LogP contribution is 2.28. The molecule has 1 N–H and O–H groups in total. The maximum absolute atomic E-state index is 13.4. The molecule has 5 rings (SSSR count). The molecule has 0 saturated carbocycles. The number of fused-ring (bicyclic) bond motifs is 3. The van der Waals surface area contributed by atoms with Crippen LogP contribution in [0, 0.1) is 0 Å². The van der Waals surface area contributed by atoms with Crippen molar-refractivity contribution in [1.29, 1.82) is 0 Å². The fourth-order valence-electron chi connectivity index (χ4n) is 3.94. The summed E-state index contributed by atoms with van der Waals surface area (Å²) in [4.78, 5) is 31.9. The minimum Gasteiger partial charge on any atom is -0.448 e. The molecule has 3 heterocycles. The molecule has 0 radical (unpaired) electrons. The van der Waals surface area contributed by atoms with E-state index in [1.54, 1.807) is 16.3 Å². The Kier molecular flexibility index (Phi) is 6.43. The molecule has 9 heteroatoms. The highest BCUT2D eigenvalue weighted by Gasteiger charge is 2.23. The van der Waals surface area contributed by atoms with Gasteiger partial charge in [-0.2, -0.15) is 0 Å². The van der Waals surface area contributed by atoms with Gasteiger partial charge in [-0.25, -0.2) is 4.98 Å². The number of rotatable bonds is 7. The average Bonchev–Trinajstić information content (AvgIpc) is 3.48. The number of amides is 1. The minimum absolute atomic E-state index is 0.0474. The zero-order chi connectivity index (χ0) is 22.8. The molecular weight excluding hydrogens is 458 g/mol. The zero-order valence-electron chi connectivity index (χ0n) is 18.1. The van der Waals surface area contributed by atoms with Crippen molar-refractivity contribution >= 4 is 57.2 Å². The summed E-state index contributed by atoms with van der Waals surface area (Å²) in [7, 11) is 0. The van der Waals surface area contributed by atoms with Gasteiger partial charge in [0.25, 0.3) is 5.56 Å². The predicted octanol–water partition coefficient (Wildman–Crippen LogP) is 4.77. The lowest BCUT2D eigenvalue weighted by Gasteiger charge is -2.15. The molecule has 1 aliphatic rings. The van der Waals surface area contributed by atoms with E-state index in [2.05, 4.69) is 5.32 Å². The van der Waals surface area contributed by atoms with Crippen molar-refractivity contribution in [3.05, 3.63) is 58.9 Å². The molecule has 0 unspecified atom stereocenters. The average molecular weight is 482 g/mol. The molecule has 2 aromatic carbocycles. The molecule has 0 aliphatic carbocycles. The minimum atomic E-state index is -0.248. The molecule has 1 saturated heterocycles. The largest absolute Gasteiger partial charge is 0.448 e. The van der Waals surface area contributed by atoms with Crippen LogP contribution in [0.4, 0.5) is 5.69 Å². The summed E-state index contributed by atoms with van der Waals surface area (Å²) >= 11 is 2.86. The van der Waals surface area contributed by atoms with E-state index in [1.165, 1.54) is 11.8 Å². The van der Waals surface area contributed by atoms with E-state index in [1.807, 2.05) is 54.8 Å². The number of hydrogen-bond acceptors (Lipinski definition) is 7. The van der Waals surface area contributed by atoms with Crippen LogP contribution in [0.25, 0.3) is 22.1 Å². The van der Waals surface area contributed by atoms with Crippen molar-refractivity contribution in [2.24, 2.45) is 0 Å². The normalized spacial score (nSPS) is 16.0. The topological polar surface area (TPSA) is 86.4 Å². The number of benzene rings is 2. The van der Waals surface area contributed by atoms with Gasteiger partial charge < -0.3 is 14.5 Å². The Balaban J connectivity index is 1.45. The summed E-state index contributed by atoms with van der Waals surface area (Å²) in [6, 6.07) is 15.2. The van der Waals surface area contributed by atoms with Gasteiger partial charge in [-0.05, 0) is 49.4 Å². The second-order valence-corrected chi connectivity index (χ2v) is 9.61. The van der Waals surface area contributed by atoms with Crippen LogP contribution >= 0.6 is 23.5 Å². The number of carbonyl (C=O) groups excluding carboxylic acids is 1. The highest BCUT2D eigenvalue weighted by atomic mass is 32.2. The van der Waals surface area contributed by atoms with E-state index >= 15 is 0 Å². The van der Waals surface area contributed by atoms with Crippen LogP contribution < -0.4 is 10.9 Å². The van der Waals surface area contributed by atoms with Gasteiger partial charge in [0.2, 0.25) is 11.5 Å². The maximum atomic E-state index is 13.4. The SMILES string of the molecule is CSc1cccc(NC(=O)CSc2nc3c(oc4ccccc43)c(=O)n2C[C@@H]2CCCO2)c1. The number of aromatic nitrogens is 2. The number of anilines is 1. The Morgan fingerprint density at radius 3 is 2.94 bits per heavy atom. The highest BCUT2D eigenvalue weighted by molar-refractivity contribution is 7.99. The predicted molar refractivity (Wildman–Crippen MR) is 132 cm³/mol. The number of thioether (sulfide) groups is 2. The van der Waals surface area contributed by atoms with Crippen LogP contribution in [-0.2, 0) is 16.1 Å². The quantitative estimate of drug-likeness (QED) is 0.300. The molecule has 1 aliphatic heterocycles. The van der Waals surface area contributed by atoms with E-state index < -0.39 is 0 Å². The van der Waals surface area contributed by atoms with Gasteiger partial charge in [0, 0.05) is 22.6 Å². The first-order valence-electron chi connectivity index (χ1n) is 10.7. The van der Waals surface area contributed by atoms with Crippen LogP contribution in [0.2, 0.25) is 0 Å².